The monoisotopic (exact) mass is 623 g/mol. The summed E-state index contributed by atoms with van der Waals surface area (Å²) < 4.78 is 81.1. The number of hydrogen-bond donors (Lipinski definition) is 2. The Balaban J connectivity index is 2.77. The van der Waals surface area contributed by atoms with E-state index >= 15 is 0 Å². The number of aliphatic hydroxyl groups is 2. The van der Waals surface area contributed by atoms with Gasteiger partial charge >= 0.3 is 12.4 Å². The molecule has 13 heteroatoms. The van der Waals surface area contributed by atoms with E-state index < -0.39 is 41.7 Å². The van der Waals surface area contributed by atoms with Crippen molar-refractivity contribution in [2.24, 2.45) is 16.4 Å². The summed E-state index contributed by atoms with van der Waals surface area (Å²) in [5.74, 6) is -1.36. The molecule has 1 aromatic rings. The van der Waals surface area contributed by atoms with Crippen LogP contribution in [-0.4, -0.2) is 54.4 Å². The van der Waals surface area contributed by atoms with Crippen LogP contribution < -0.4 is 5.01 Å². The van der Waals surface area contributed by atoms with Gasteiger partial charge in [0.15, 0.2) is 18.0 Å². The van der Waals surface area contributed by atoms with Gasteiger partial charge in [0, 0.05) is 21.2 Å². The molecular weight excluding hydrogens is 610 g/mol. The number of pyridine rings is 1. The standard InChI is InChI=1S/C14H13F6I2N3O2/c15-13(16,17)9-12(7(5-21)6-22,10(26)14(18,19)20)11(27)25(24-9)8-1-3-23-4-2-8/h1-4,7,10-11,26-27H,5-6H2. The molecular formula is C14H13F6I2N3O2. The lowest BCUT2D eigenvalue weighted by Crippen LogP contribution is -2.63. The third kappa shape index (κ3) is 4.01. The van der Waals surface area contributed by atoms with Crippen molar-refractivity contribution in [3.63, 3.8) is 0 Å². The van der Waals surface area contributed by atoms with E-state index in [1.54, 1.807) is 45.2 Å². The van der Waals surface area contributed by atoms with Crippen LogP contribution in [0.3, 0.4) is 0 Å². The van der Waals surface area contributed by atoms with Crippen molar-refractivity contribution in [3.05, 3.63) is 24.5 Å². The van der Waals surface area contributed by atoms with Gasteiger partial charge in [-0.1, -0.05) is 45.2 Å². The predicted octanol–water partition coefficient (Wildman–Crippen LogP) is 3.53. The second kappa shape index (κ2) is 8.14. The summed E-state index contributed by atoms with van der Waals surface area (Å²) in [5.41, 5.74) is -5.05. The van der Waals surface area contributed by atoms with Crippen LogP contribution in [0.25, 0.3) is 0 Å². The zero-order chi connectivity index (χ0) is 20.6. The van der Waals surface area contributed by atoms with Gasteiger partial charge in [0.25, 0.3) is 0 Å². The number of aliphatic hydroxyl groups excluding tert-OH is 2. The Bertz CT molecular complexity index is 684. The van der Waals surface area contributed by atoms with Gasteiger partial charge in [0.05, 0.1) is 5.69 Å². The second-order valence-electron chi connectivity index (χ2n) is 5.75. The molecule has 2 rings (SSSR count). The topological polar surface area (TPSA) is 69.0 Å². The van der Waals surface area contributed by atoms with Gasteiger partial charge in [-0.2, -0.15) is 31.4 Å². The second-order valence-corrected chi connectivity index (χ2v) is 7.51. The fourth-order valence-corrected chi connectivity index (χ4v) is 6.31. The summed E-state index contributed by atoms with van der Waals surface area (Å²) in [6.07, 6.45) is -14.2. The van der Waals surface area contributed by atoms with Crippen LogP contribution >= 0.6 is 45.2 Å². The molecule has 0 fully saturated rings. The van der Waals surface area contributed by atoms with Gasteiger partial charge < -0.3 is 10.2 Å². The van der Waals surface area contributed by atoms with Crippen LogP contribution in [0.4, 0.5) is 32.0 Å². The van der Waals surface area contributed by atoms with Crippen molar-refractivity contribution < 1.29 is 36.6 Å². The molecule has 0 amide bonds. The highest BCUT2D eigenvalue weighted by Crippen LogP contribution is 2.53. The first kappa shape index (κ1) is 22.9. The minimum atomic E-state index is -5.41. The van der Waals surface area contributed by atoms with E-state index in [9.17, 15) is 36.6 Å². The molecule has 152 valence electrons. The molecule has 0 radical (unpaired) electrons. The van der Waals surface area contributed by atoms with Gasteiger partial charge in [0.2, 0.25) is 0 Å². The van der Waals surface area contributed by atoms with Gasteiger partial charge in [-0.25, -0.2) is 5.01 Å². The Labute approximate surface area is 177 Å². The largest absolute Gasteiger partial charge is 0.432 e. The Morgan fingerprint density at radius 1 is 1.11 bits per heavy atom. The first-order chi connectivity index (χ1) is 12.4. The summed E-state index contributed by atoms with van der Waals surface area (Å²) >= 11 is 3.27. The van der Waals surface area contributed by atoms with Crippen LogP contribution in [0.2, 0.25) is 0 Å². The van der Waals surface area contributed by atoms with Crippen molar-refractivity contribution in [1.82, 2.24) is 4.98 Å². The van der Waals surface area contributed by atoms with Crippen LogP contribution in [-0.2, 0) is 0 Å². The highest BCUT2D eigenvalue weighted by Gasteiger charge is 2.71. The van der Waals surface area contributed by atoms with Crippen LogP contribution in [0.15, 0.2) is 29.6 Å². The van der Waals surface area contributed by atoms with Crippen LogP contribution in [0.5, 0.6) is 0 Å². The van der Waals surface area contributed by atoms with Crippen molar-refractivity contribution in [2.45, 2.75) is 24.7 Å². The van der Waals surface area contributed by atoms with E-state index in [1.165, 1.54) is 24.5 Å². The SMILES string of the molecule is OC1N(c2ccncc2)N=C(C(F)(F)F)C1(C(CI)CI)C(O)C(F)(F)F. The van der Waals surface area contributed by atoms with Crippen molar-refractivity contribution in [3.8, 4) is 0 Å². The number of alkyl halides is 8. The number of nitrogens with zero attached hydrogens (tertiary/aromatic N) is 3. The summed E-state index contributed by atoms with van der Waals surface area (Å²) in [4.78, 5) is 3.68. The molecule has 2 heterocycles. The molecule has 0 aromatic carbocycles. The van der Waals surface area contributed by atoms with E-state index in [-0.39, 0.29) is 14.5 Å². The van der Waals surface area contributed by atoms with E-state index in [0.29, 0.717) is 5.01 Å². The number of hydrogen-bond acceptors (Lipinski definition) is 5. The maximum atomic E-state index is 13.7. The van der Waals surface area contributed by atoms with Crippen LogP contribution in [0.1, 0.15) is 0 Å². The Kier molecular flexibility index (Phi) is 6.89. The van der Waals surface area contributed by atoms with E-state index in [4.69, 9.17) is 0 Å². The lowest BCUT2D eigenvalue weighted by atomic mass is 9.67. The number of anilines is 1. The van der Waals surface area contributed by atoms with Gasteiger partial charge in [-0.15, -0.1) is 0 Å². The lowest BCUT2D eigenvalue weighted by Gasteiger charge is -2.44. The van der Waals surface area contributed by atoms with Gasteiger partial charge in [-0.3, -0.25) is 4.98 Å². The Hall–Kier alpha value is -0.420. The number of halogens is 8. The average molecular weight is 623 g/mol. The van der Waals surface area contributed by atoms with E-state index in [2.05, 4.69) is 10.1 Å². The number of aromatic nitrogens is 1. The fourth-order valence-electron chi connectivity index (χ4n) is 3.04. The smallest absolute Gasteiger partial charge is 0.383 e. The lowest BCUT2D eigenvalue weighted by molar-refractivity contribution is -0.248. The molecule has 0 saturated carbocycles. The first-order valence-corrected chi connectivity index (χ1v) is 10.4. The molecule has 0 saturated heterocycles. The molecule has 3 atom stereocenters. The normalized spacial score (nSPS) is 25.1. The quantitative estimate of drug-likeness (QED) is 0.300. The minimum Gasteiger partial charge on any atom is -0.383 e. The van der Waals surface area contributed by atoms with E-state index in [1.807, 2.05) is 0 Å². The molecule has 1 aromatic heterocycles. The summed E-state index contributed by atoms with van der Waals surface area (Å²) in [5, 5.41) is 24.4. The molecule has 2 N–H and O–H groups in total. The highest BCUT2D eigenvalue weighted by molar-refractivity contribution is 14.1. The zero-order valence-corrected chi connectivity index (χ0v) is 17.5. The summed E-state index contributed by atoms with van der Waals surface area (Å²) in [7, 11) is 0. The molecule has 0 aliphatic carbocycles. The Morgan fingerprint density at radius 3 is 2.04 bits per heavy atom. The summed E-state index contributed by atoms with van der Waals surface area (Å²) in [6, 6.07) is 2.39. The van der Waals surface area contributed by atoms with Crippen LogP contribution in [0, 0.1) is 11.3 Å². The molecule has 5 nitrogen and oxygen atoms in total. The first-order valence-electron chi connectivity index (χ1n) is 7.32. The predicted molar refractivity (Wildman–Crippen MR) is 102 cm³/mol. The van der Waals surface area contributed by atoms with Gasteiger partial charge in [-0.05, 0) is 18.1 Å². The molecule has 27 heavy (non-hydrogen) atoms. The third-order valence-electron chi connectivity index (χ3n) is 4.28. The molecule has 1 aliphatic heterocycles. The van der Waals surface area contributed by atoms with Gasteiger partial charge in [0.1, 0.15) is 5.41 Å². The van der Waals surface area contributed by atoms with Crippen molar-refractivity contribution >= 4 is 56.6 Å². The fraction of sp³-hybridized carbons (Fsp3) is 0.571. The number of rotatable bonds is 5. The maximum absolute atomic E-state index is 13.7. The summed E-state index contributed by atoms with van der Waals surface area (Å²) in [6.45, 7) is 0. The third-order valence-corrected chi connectivity index (χ3v) is 6.41. The minimum absolute atomic E-state index is 0.0869. The van der Waals surface area contributed by atoms with Crippen molar-refractivity contribution in [2.75, 3.05) is 13.9 Å². The maximum Gasteiger partial charge on any atom is 0.432 e. The average Bonchev–Trinajstić information content (AvgIpc) is 2.90. The van der Waals surface area contributed by atoms with Crippen molar-refractivity contribution in [1.29, 1.82) is 0 Å². The molecule has 0 spiro atoms. The zero-order valence-electron chi connectivity index (χ0n) is 13.2. The molecule has 0 bridgehead atoms. The molecule has 3 unspecified atom stereocenters. The van der Waals surface area contributed by atoms with E-state index in [0.717, 1.165) is 0 Å². The highest BCUT2D eigenvalue weighted by atomic mass is 127. The molecule has 1 aliphatic rings. The Morgan fingerprint density at radius 2 is 1.63 bits per heavy atom. The number of hydrazone groups is 1.